The SMILES string of the molecule is CN(C)c1ccc(N2CCCC(C(=O)O)C2)cc1. The summed E-state index contributed by atoms with van der Waals surface area (Å²) in [6.45, 7) is 1.57. The van der Waals surface area contributed by atoms with Gasteiger partial charge in [-0.2, -0.15) is 0 Å². The first kappa shape index (κ1) is 12.7. The van der Waals surface area contributed by atoms with Gasteiger partial charge in [0.05, 0.1) is 5.92 Å². The van der Waals surface area contributed by atoms with Gasteiger partial charge in [-0.15, -0.1) is 0 Å². The smallest absolute Gasteiger partial charge is 0.308 e. The molecular weight excluding hydrogens is 228 g/mol. The van der Waals surface area contributed by atoms with Crippen LogP contribution in [0.1, 0.15) is 12.8 Å². The highest BCUT2D eigenvalue weighted by Crippen LogP contribution is 2.25. The molecule has 0 bridgehead atoms. The van der Waals surface area contributed by atoms with Crippen LogP contribution in [0.25, 0.3) is 0 Å². The maximum Gasteiger partial charge on any atom is 0.308 e. The van der Waals surface area contributed by atoms with Crippen LogP contribution in [0, 0.1) is 5.92 Å². The maximum atomic E-state index is 11.0. The second-order valence-electron chi connectivity index (χ2n) is 5.03. The molecule has 1 aliphatic rings. The van der Waals surface area contributed by atoms with Crippen molar-refractivity contribution in [3.63, 3.8) is 0 Å². The minimum atomic E-state index is -0.676. The molecule has 2 rings (SSSR count). The summed E-state index contributed by atoms with van der Waals surface area (Å²) in [7, 11) is 4.02. The molecule has 0 radical (unpaired) electrons. The fourth-order valence-electron chi connectivity index (χ4n) is 2.37. The molecule has 1 N–H and O–H groups in total. The fourth-order valence-corrected chi connectivity index (χ4v) is 2.37. The number of hydrogen-bond acceptors (Lipinski definition) is 3. The summed E-state index contributed by atoms with van der Waals surface area (Å²) in [4.78, 5) is 15.3. The number of benzene rings is 1. The molecule has 1 unspecified atom stereocenters. The van der Waals surface area contributed by atoms with Crippen LogP contribution in [-0.4, -0.2) is 38.3 Å². The van der Waals surface area contributed by atoms with Crippen LogP contribution in [-0.2, 0) is 4.79 Å². The van der Waals surface area contributed by atoms with E-state index >= 15 is 0 Å². The number of aliphatic carboxylic acids is 1. The van der Waals surface area contributed by atoms with Gasteiger partial charge >= 0.3 is 5.97 Å². The van der Waals surface area contributed by atoms with Crippen LogP contribution in [0.15, 0.2) is 24.3 Å². The Morgan fingerprint density at radius 3 is 2.56 bits per heavy atom. The topological polar surface area (TPSA) is 43.8 Å². The number of hydrogen-bond donors (Lipinski definition) is 1. The third-order valence-corrected chi connectivity index (χ3v) is 3.50. The molecule has 1 aromatic carbocycles. The first-order valence-corrected chi connectivity index (χ1v) is 6.33. The zero-order chi connectivity index (χ0) is 13.1. The van der Waals surface area contributed by atoms with Crippen molar-refractivity contribution in [1.29, 1.82) is 0 Å². The molecule has 0 aromatic heterocycles. The van der Waals surface area contributed by atoms with Crippen LogP contribution in [0.3, 0.4) is 0 Å². The van der Waals surface area contributed by atoms with Crippen LogP contribution in [0.4, 0.5) is 11.4 Å². The van der Waals surface area contributed by atoms with Gasteiger partial charge in [-0.05, 0) is 37.1 Å². The number of piperidine rings is 1. The molecule has 98 valence electrons. The lowest BCUT2D eigenvalue weighted by molar-refractivity contribution is -0.141. The molecule has 0 amide bonds. The summed E-state index contributed by atoms with van der Waals surface area (Å²) < 4.78 is 0. The van der Waals surface area contributed by atoms with Gasteiger partial charge in [0.15, 0.2) is 0 Å². The van der Waals surface area contributed by atoms with Gasteiger partial charge in [0.2, 0.25) is 0 Å². The molecule has 4 nitrogen and oxygen atoms in total. The molecule has 0 spiro atoms. The first-order chi connectivity index (χ1) is 8.58. The van der Waals surface area contributed by atoms with E-state index in [9.17, 15) is 4.79 Å². The van der Waals surface area contributed by atoms with Crippen molar-refractivity contribution in [1.82, 2.24) is 0 Å². The third-order valence-electron chi connectivity index (χ3n) is 3.50. The minimum Gasteiger partial charge on any atom is -0.481 e. The number of carboxylic acid groups (broad SMARTS) is 1. The Labute approximate surface area is 108 Å². The normalized spacial score (nSPS) is 19.7. The number of carboxylic acids is 1. The van der Waals surface area contributed by atoms with Crippen molar-refractivity contribution in [2.45, 2.75) is 12.8 Å². The van der Waals surface area contributed by atoms with Gasteiger partial charge in [0, 0.05) is 38.6 Å². The second-order valence-corrected chi connectivity index (χ2v) is 5.03. The lowest BCUT2D eigenvalue weighted by Crippen LogP contribution is -2.38. The summed E-state index contributed by atoms with van der Waals surface area (Å²) in [6.07, 6.45) is 1.74. The van der Waals surface area contributed by atoms with Crippen LogP contribution in [0.5, 0.6) is 0 Å². The van der Waals surface area contributed by atoms with Gasteiger partial charge in [-0.25, -0.2) is 0 Å². The minimum absolute atomic E-state index is 0.229. The highest BCUT2D eigenvalue weighted by Gasteiger charge is 2.25. The molecule has 1 aliphatic heterocycles. The van der Waals surface area contributed by atoms with Crippen molar-refractivity contribution in [3.8, 4) is 0 Å². The highest BCUT2D eigenvalue weighted by molar-refractivity contribution is 5.71. The summed E-state index contributed by atoms with van der Waals surface area (Å²) in [6, 6.07) is 8.28. The van der Waals surface area contributed by atoms with Crippen molar-refractivity contribution < 1.29 is 9.90 Å². The van der Waals surface area contributed by atoms with E-state index in [2.05, 4.69) is 34.1 Å². The number of rotatable bonds is 3. The van der Waals surface area contributed by atoms with E-state index in [1.165, 1.54) is 0 Å². The molecule has 18 heavy (non-hydrogen) atoms. The summed E-state index contributed by atoms with van der Waals surface area (Å²) >= 11 is 0. The molecule has 0 aliphatic carbocycles. The van der Waals surface area contributed by atoms with Crippen LogP contribution < -0.4 is 9.80 Å². The van der Waals surface area contributed by atoms with Gasteiger partial charge < -0.3 is 14.9 Å². The third kappa shape index (κ3) is 2.75. The molecule has 1 heterocycles. The van der Waals surface area contributed by atoms with E-state index in [4.69, 9.17) is 5.11 Å². The quantitative estimate of drug-likeness (QED) is 0.889. The number of carbonyl (C=O) groups is 1. The van der Waals surface area contributed by atoms with E-state index in [-0.39, 0.29) is 5.92 Å². The second kappa shape index (κ2) is 5.29. The van der Waals surface area contributed by atoms with Crippen molar-refractivity contribution >= 4 is 17.3 Å². The predicted octanol–water partition coefficient (Wildman–Crippen LogP) is 2.05. The van der Waals surface area contributed by atoms with Gasteiger partial charge in [-0.3, -0.25) is 4.79 Å². The van der Waals surface area contributed by atoms with E-state index in [1.54, 1.807) is 0 Å². The Hall–Kier alpha value is -1.71. The first-order valence-electron chi connectivity index (χ1n) is 6.33. The van der Waals surface area contributed by atoms with Gasteiger partial charge in [0.1, 0.15) is 0 Å². The molecule has 1 fully saturated rings. The summed E-state index contributed by atoms with van der Waals surface area (Å²) in [5, 5.41) is 9.09. The Bertz CT molecular complexity index is 414. The van der Waals surface area contributed by atoms with Gasteiger partial charge in [0.25, 0.3) is 0 Å². The van der Waals surface area contributed by atoms with Crippen molar-refractivity contribution in [2.24, 2.45) is 5.92 Å². The Balaban J connectivity index is 2.09. The summed E-state index contributed by atoms with van der Waals surface area (Å²) in [5.41, 5.74) is 2.28. The lowest BCUT2D eigenvalue weighted by Gasteiger charge is -2.32. The number of nitrogens with zero attached hydrogens (tertiary/aromatic N) is 2. The molecule has 1 saturated heterocycles. The Morgan fingerprint density at radius 1 is 1.33 bits per heavy atom. The average molecular weight is 248 g/mol. The van der Waals surface area contributed by atoms with E-state index in [0.717, 1.165) is 30.8 Å². The fraction of sp³-hybridized carbons (Fsp3) is 0.500. The molecule has 4 heteroatoms. The maximum absolute atomic E-state index is 11.0. The van der Waals surface area contributed by atoms with Crippen molar-refractivity contribution in [3.05, 3.63) is 24.3 Å². The Kier molecular flexibility index (Phi) is 3.75. The van der Waals surface area contributed by atoms with Crippen LogP contribution in [0.2, 0.25) is 0 Å². The zero-order valence-corrected chi connectivity index (χ0v) is 11.0. The average Bonchev–Trinajstić information content (AvgIpc) is 2.39. The molecule has 0 saturated carbocycles. The van der Waals surface area contributed by atoms with E-state index in [1.807, 2.05) is 14.1 Å². The highest BCUT2D eigenvalue weighted by atomic mass is 16.4. The van der Waals surface area contributed by atoms with E-state index in [0.29, 0.717) is 6.54 Å². The largest absolute Gasteiger partial charge is 0.481 e. The van der Waals surface area contributed by atoms with Gasteiger partial charge in [-0.1, -0.05) is 0 Å². The van der Waals surface area contributed by atoms with Crippen molar-refractivity contribution in [2.75, 3.05) is 37.0 Å². The zero-order valence-electron chi connectivity index (χ0n) is 11.0. The van der Waals surface area contributed by atoms with Crippen LogP contribution >= 0.6 is 0 Å². The summed E-state index contributed by atoms with van der Waals surface area (Å²) in [5.74, 6) is -0.906. The Morgan fingerprint density at radius 2 is 2.00 bits per heavy atom. The molecular formula is C14H20N2O2. The standard InChI is InChI=1S/C14H20N2O2/c1-15(2)12-5-7-13(8-6-12)16-9-3-4-11(10-16)14(17)18/h5-8,11H,3-4,9-10H2,1-2H3,(H,17,18). The molecule has 1 aromatic rings. The molecule has 1 atom stereocenters. The lowest BCUT2D eigenvalue weighted by atomic mass is 9.98. The van der Waals surface area contributed by atoms with E-state index < -0.39 is 5.97 Å². The monoisotopic (exact) mass is 248 g/mol. The predicted molar refractivity (Wildman–Crippen MR) is 73.3 cm³/mol. The number of anilines is 2.